The molecular weight excluding hydrogens is 290 g/mol. The van der Waals surface area contributed by atoms with Crippen LogP contribution in [-0.2, 0) is 19.6 Å². The number of halogens is 1. The van der Waals surface area contributed by atoms with Crippen molar-refractivity contribution < 1.29 is 0 Å². The molecule has 3 heterocycles. The number of rotatable bonds is 2. The number of hydrogen-bond donors (Lipinski definition) is 0. The van der Waals surface area contributed by atoms with Gasteiger partial charge in [-0.2, -0.15) is 0 Å². The van der Waals surface area contributed by atoms with E-state index in [0.717, 1.165) is 35.7 Å². The zero-order valence-electron chi connectivity index (χ0n) is 10.7. The van der Waals surface area contributed by atoms with Crippen LogP contribution in [0.4, 0.5) is 0 Å². The molecule has 0 amide bonds. The van der Waals surface area contributed by atoms with Crippen LogP contribution in [0, 0.1) is 0 Å². The van der Waals surface area contributed by atoms with Crippen molar-refractivity contribution in [1.82, 2.24) is 14.9 Å². The molecule has 20 heavy (non-hydrogen) atoms. The Balaban J connectivity index is 1.60. The predicted molar refractivity (Wildman–Crippen MR) is 81.8 cm³/mol. The molecule has 0 spiro atoms. The number of aromatic nitrogens is 2. The van der Waals surface area contributed by atoms with Crippen LogP contribution in [0.3, 0.4) is 0 Å². The molecule has 0 unspecified atom stereocenters. The van der Waals surface area contributed by atoms with Crippen molar-refractivity contribution in [3.05, 3.63) is 57.8 Å². The smallest absolute Gasteiger partial charge is 0.145 e. The molecular formula is C15H12ClN3S. The van der Waals surface area contributed by atoms with E-state index in [0.29, 0.717) is 5.15 Å². The molecule has 3 aromatic rings. The summed E-state index contributed by atoms with van der Waals surface area (Å²) in [5.41, 5.74) is 2.80. The fourth-order valence-electron chi connectivity index (χ4n) is 2.65. The lowest BCUT2D eigenvalue weighted by atomic mass is 10.1. The van der Waals surface area contributed by atoms with Gasteiger partial charge in [-0.05, 0) is 22.6 Å². The molecule has 1 aliphatic heterocycles. The van der Waals surface area contributed by atoms with Crippen LogP contribution < -0.4 is 0 Å². The van der Waals surface area contributed by atoms with Crippen LogP contribution in [0.15, 0.2) is 35.7 Å². The number of benzene rings is 1. The van der Waals surface area contributed by atoms with E-state index in [-0.39, 0.29) is 0 Å². The molecule has 3 nitrogen and oxygen atoms in total. The third-order valence-electron chi connectivity index (χ3n) is 3.60. The zero-order chi connectivity index (χ0) is 13.5. The van der Waals surface area contributed by atoms with Crippen molar-refractivity contribution in [3.8, 4) is 0 Å². The Hall–Kier alpha value is -1.49. The van der Waals surface area contributed by atoms with E-state index >= 15 is 0 Å². The standard InChI is InChI=1S/C15H12ClN3S/c16-14-12-5-6-20-15(12)18-13(17-14)9-19-7-10-3-1-2-4-11(10)8-19/h1-6H,7-9H2. The summed E-state index contributed by atoms with van der Waals surface area (Å²) in [7, 11) is 0. The summed E-state index contributed by atoms with van der Waals surface area (Å²) >= 11 is 7.82. The highest BCUT2D eigenvalue weighted by Gasteiger charge is 2.19. The molecule has 2 aromatic heterocycles. The Morgan fingerprint density at radius 3 is 2.60 bits per heavy atom. The first-order chi connectivity index (χ1) is 9.79. The van der Waals surface area contributed by atoms with E-state index in [1.165, 1.54) is 11.1 Å². The quantitative estimate of drug-likeness (QED) is 0.673. The van der Waals surface area contributed by atoms with Gasteiger partial charge in [0.05, 0.1) is 6.54 Å². The van der Waals surface area contributed by atoms with E-state index in [1.54, 1.807) is 11.3 Å². The molecule has 0 N–H and O–H groups in total. The Labute approximate surface area is 125 Å². The van der Waals surface area contributed by atoms with Gasteiger partial charge in [-0.15, -0.1) is 11.3 Å². The number of nitrogens with zero attached hydrogens (tertiary/aromatic N) is 3. The summed E-state index contributed by atoms with van der Waals surface area (Å²) in [6.07, 6.45) is 0. The monoisotopic (exact) mass is 301 g/mol. The van der Waals surface area contributed by atoms with Crippen molar-refractivity contribution in [2.75, 3.05) is 0 Å². The van der Waals surface area contributed by atoms with Crippen LogP contribution >= 0.6 is 22.9 Å². The number of thiophene rings is 1. The minimum absolute atomic E-state index is 0.558. The average molecular weight is 302 g/mol. The van der Waals surface area contributed by atoms with Crippen molar-refractivity contribution in [1.29, 1.82) is 0 Å². The SMILES string of the molecule is Clc1nc(CN2Cc3ccccc3C2)nc2sccc12. The summed E-state index contributed by atoms with van der Waals surface area (Å²) in [6, 6.07) is 10.5. The highest BCUT2D eigenvalue weighted by molar-refractivity contribution is 7.16. The molecule has 0 fully saturated rings. The van der Waals surface area contributed by atoms with Gasteiger partial charge >= 0.3 is 0 Å². The molecule has 1 aromatic carbocycles. The molecule has 0 atom stereocenters. The largest absolute Gasteiger partial charge is 0.287 e. The molecule has 4 rings (SSSR count). The topological polar surface area (TPSA) is 29.0 Å². The maximum atomic E-state index is 6.22. The van der Waals surface area contributed by atoms with Crippen LogP contribution in [0.25, 0.3) is 10.2 Å². The molecule has 0 saturated heterocycles. The first-order valence-electron chi connectivity index (χ1n) is 6.48. The van der Waals surface area contributed by atoms with Crippen molar-refractivity contribution >= 4 is 33.2 Å². The molecule has 0 bridgehead atoms. The van der Waals surface area contributed by atoms with Crippen LogP contribution in [0.1, 0.15) is 17.0 Å². The number of hydrogen-bond acceptors (Lipinski definition) is 4. The molecule has 5 heteroatoms. The third-order valence-corrected chi connectivity index (χ3v) is 4.69. The summed E-state index contributed by atoms with van der Waals surface area (Å²) in [5, 5.41) is 3.51. The van der Waals surface area contributed by atoms with Gasteiger partial charge in [0.25, 0.3) is 0 Å². The first kappa shape index (κ1) is 12.3. The average Bonchev–Trinajstić information content (AvgIpc) is 3.04. The second-order valence-corrected chi connectivity index (χ2v) is 6.24. The molecule has 0 aliphatic carbocycles. The van der Waals surface area contributed by atoms with Gasteiger partial charge in [-0.1, -0.05) is 35.9 Å². The second-order valence-electron chi connectivity index (χ2n) is 4.98. The van der Waals surface area contributed by atoms with E-state index in [9.17, 15) is 0 Å². The van der Waals surface area contributed by atoms with Gasteiger partial charge in [0.15, 0.2) is 0 Å². The Morgan fingerprint density at radius 1 is 1.10 bits per heavy atom. The molecule has 100 valence electrons. The van der Waals surface area contributed by atoms with Gasteiger partial charge in [-0.3, -0.25) is 4.90 Å². The Bertz CT molecular complexity index is 759. The van der Waals surface area contributed by atoms with E-state index in [4.69, 9.17) is 11.6 Å². The van der Waals surface area contributed by atoms with Crippen molar-refractivity contribution in [2.45, 2.75) is 19.6 Å². The van der Waals surface area contributed by atoms with Gasteiger partial charge in [-0.25, -0.2) is 9.97 Å². The van der Waals surface area contributed by atoms with E-state index in [2.05, 4.69) is 39.1 Å². The third kappa shape index (κ3) is 2.10. The second kappa shape index (κ2) is 4.81. The zero-order valence-corrected chi connectivity index (χ0v) is 12.3. The van der Waals surface area contributed by atoms with E-state index in [1.807, 2.05) is 11.4 Å². The summed E-state index contributed by atoms with van der Waals surface area (Å²) in [5.74, 6) is 0.803. The van der Waals surface area contributed by atoms with Gasteiger partial charge in [0, 0.05) is 18.5 Å². The lowest BCUT2D eigenvalue weighted by Crippen LogP contribution is -2.17. The lowest BCUT2D eigenvalue weighted by molar-refractivity contribution is 0.268. The number of fused-ring (bicyclic) bond motifs is 2. The summed E-state index contributed by atoms with van der Waals surface area (Å²) in [4.78, 5) is 12.3. The van der Waals surface area contributed by atoms with Gasteiger partial charge in [0.2, 0.25) is 0 Å². The minimum Gasteiger partial charge on any atom is -0.287 e. The first-order valence-corrected chi connectivity index (χ1v) is 7.74. The van der Waals surface area contributed by atoms with Gasteiger partial charge in [0.1, 0.15) is 15.8 Å². The van der Waals surface area contributed by atoms with Gasteiger partial charge < -0.3 is 0 Å². The Morgan fingerprint density at radius 2 is 1.85 bits per heavy atom. The maximum Gasteiger partial charge on any atom is 0.145 e. The maximum absolute atomic E-state index is 6.22. The van der Waals surface area contributed by atoms with Crippen molar-refractivity contribution in [3.63, 3.8) is 0 Å². The summed E-state index contributed by atoms with van der Waals surface area (Å²) < 4.78 is 0. The van der Waals surface area contributed by atoms with Crippen LogP contribution in [-0.4, -0.2) is 14.9 Å². The molecule has 0 radical (unpaired) electrons. The molecule has 1 aliphatic rings. The predicted octanol–water partition coefficient (Wildman–Crippen LogP) is 3.86. The minimum atomic E-state index is 0.558. The molecule has 0 saturated carbocycles. The van der Waals surface area contributed by atoms with Crippen LogP contribution in [0.5, 0.6) is 0 Å². The fraction of sp³-hybridized carbons (Fsp3) is 0.200. The highest BCUT2D eigenvalue weighted by atomic mass is 35.5. The van der Waals surface area contributed by atoms with E-state index < -0.39 is 0 Å². The van der Waals surface area contributed by atoms with Crippen molar-refractivity contribution in [2.24, 2.45) is 0 Å². The normalized spacial score (nSPS) is 14.8. The Kier molecular flexibility index (Phi) is 2.95. The summed E-state index contributed by atoms with van der Waals surface area (Å²) in [6.45, 7) is 2.65. The van der Waals surface area contributed by atoms with Crippen LogP contribution in [0.2, 0.25) is 5.15 Å². The lowest BCUT2D eigenvalue weighted by Gasteiger charge is -2.13. The fourth-order valence-corrected chi connectivity index (χ4v) is 3.74. The highest BCUT2D eigenvalue weighted by Crippen LogP contribution is 2.27.